The number of hydrogen-bond acceptors (Lipinski definition) is 1. The molecule has 0 atom stereocenters. The fourth-order valence-corrected chi connectivity index (χ4v) is 1.31. The van der Waals surface area contributed by atoms with Crippen LogP contribution in [0.15, 0.2) is 42.6 Å². The van der Waals surface area contributed by atoms with Gasteiger partial charge in [-0.2, -0.15) is 0 Å². The molecule has 0 spiro atoms. The number of anilines is 1. The van der Waals surface area contributed by atoms with Gasteiger partial charge in [0, 0.05) is 11.9 Å². The Labute approximate surface area is 88.1 Å². The predicted octanol–water partition coefficient (Wildman–Crippen LogP) is 2.58. The SMILES string of the molecule is Cc1ccc(NC(=O)c2ccc[nH]2)cc1. The molecule has 0 radical (unpaired) electrons. The number of aromatic nitrogens is 1. The lowest BCUT2D eigenvalue weighted by Gasteiger charge is -2.03. The molecule has 3 nitrogen and oxygen atoms in total. The smallest absolute Gasteiger partial charge is 0.272 e. The van der Waals surface area contributed by atoms with Crippen LogP contribution in [-0.4, -0.2) is 10.9 Å². The van der Waals surface area contributed by atoms with Crippen LogP contribution < -0.4 is 5.32 Å². The van der Waals surface area contributed by atoms with E-state index in [1.807, 2.05) is 31.2 Å². The molecule has 15 heavy (non-hydrogen) atoms. The van der Waals surface area contributed by atoms with Crippen molar-refractivity contribution in [3.63, 3.8) is 0 Å². The molecule has 3 heteroatoms. The molecule has 0 saturated heterocycles. The van der Waals surface area contributed by atoms with E-state index in [9.17, 15) is 4.79 Å². The maximum absolute atomic E-state index is 11.6. The Kier molecular flexibility index (Phi) is 2.54. The van der Waals surface area contributed by atoms with E-state index in [0.29, 0.717) is 5.69 Å². The molecule has 1 aromatic heterocycles. The maximum atomic E-state index is 11.6. The number of H-pyrrole nitrogens is 1. The van der Waals surface area contributed by atoms with Crippen LogP contribution in [0.4, 0.5) is 5.69 Å². The lowest BCUT2D eigenvalue weighted by Crippen LogP contribution is -2.11. The van der Waals surface area contributed by atoms with Gasteiger partial charge in [0.05, 0.1) is 0 Å². The standard InChI is InChI=1S/C12H12N2O/c1-9-4-6-10(7-5-9)14-12(15)11-3-2-8-13-11/h2-8,13H,1H3,(H,14,15). The van der Waals surface area contributed by atoms with Crippen LogP contribution in [0.2, 0.25) is 0 Å². The first-order chi connectivity index (χ1) is 7.25. The molecule has 0 bridgehead atoms. The van der Waals surface area contributed by atoms with Gasteiger partial charge in [0.1, 0.15) is 5.69 Å². The zero-order chi connectivity index (χ0) is 10.7. The van der Waals surface area contributed by atoms with Gasteiger partial charge in [-0.05, 0) is 31.2 Å². The summed E-state index contributed by atoms with van der Waals surface area (Å²) < 4.78 is 0. The summed E-state index contributed by atoms with van der Waals surface area (Å²) in [7, 11) is 0. The van der Waals surface area contributed by atoms with E-state index in [-0.39, 0.29) is 5.91 Å². The molecule has 0 fully saturated rings. The highest BCUT2D eigenvalue weighted by molar-refractivity contribution is 6.02. The van der Waals surface area contributed by atoms with Gasteiger partial charge in [-0.1, -0.05) is 17.7 Å². The molecule has 0 saturated carbocycles. The van der Waals surface area contributed by atoms with E-state index in [1.54, 1.807) is 18.3 Å². The van der Waals surface area contributed by atoms with Crippen molar-refractivity contribution in [1.82, 2.24) is 4.98 Å². The highest BCUT2D eigenvalue weighted by Gasteiger charge is 2.05. The molecule has 1 amide bonds. The van der Waals surface area contributed by atoms with Crippen molar-refractivity contribution in [2.75, 3.05) is 5.32 Å². The average molecular weight is 200 g/mol. The predicted molar refractivity (Wildman–Crippen MR) is 59.9 cm³/mol. The second-order valence-corrected chi connectivity index (χ2v) is 3.40. The van der Waals surface area contributed by atoms with Gasteiger partial charge in [-0.15, -0.1) is 0 Å². The number of rotatable bonds is 2. The first-order valence-corrected chi connectivity index (χ1v) is 4.77. The molecule has 0 aliphatic rings. The maximum Gasteiger partial charge on any atom is 0.272 e. The van der Waals surface area contributed by atoms with Crippen molar-refractivity contribution in [2.45, 2.75) is 6.92 Å². The molecule has 0 aliphatic heterocycles. The van der Waals surface area contributed by atoms with Crippen molar-refractivity contribution in [3.8, 4) is 0 Å². The molecule has 0 unspecified atom stereocenters. The van der Waals surface area contributed by atoms with Crippen molar-refractivity contribution in [1.29, 1.82) is 0 Å². The quantitative estimate of drug-likeness (QED) is 0.768. The number of hydrogen-bond donors (Lipinski definition) is 2. The third kappa shape index (κ3) is 2.26. The summed E-state index contributed by atoms with van der Waals surface area (Å²) in [6.45, 7) is 2.01. The molecule has 0 aliphatic carbocycles. The number of amides is 1. The molecular weight excluding hydrogens is 188 g/mol. The number of carbonyl (C=O) groups excluding carboxylic acids is 1. The van der Waals surface area contributed by atoms with Crippen LogP contribution >= 0.6 is 0 Å². The lowest BCUT2D eigenvalue weighted by molar-refractivity contribution is 0.102. The minimum Gasteiger partial charge on any atom is -0.357 e. The minimum atomic E-state index is -0.121. The fraction of sp³-hybridized carbons (Fsp3) is 0.0833. The van der Waals surface area contributed by atoms with Crippen molar-refractivity contribution >= 4 is 11.6 Å². The molecule has 2 N–H and O–H groups in total. The largest absolute Gasteiger partial charge is 0.357 e. The summed E-state index contributed by atoms with van der Waals surface area (Å²) in [5.41, 5.74) is 2.55. The Balaban J connectivity index is 2.09. The van der Waals surface area contributed by atoms with Crippen LogP contribution in [0.25, 0.3) is 0 Å². The summed E-state index contributed by atoms with van der Waals surface area (Å²) in [5.74, 6) is -0.121. The Morgan fingerprint density at radius 1 is 1.20 bits per heavy atom. The van der Waals surface area contributed by atoms with Gasteiger partial charge < -0.3 is 10.3 Å². The molecular formula is C12H12N2O. The van der Waals surface area contributed by atoms with E-state index in [1.165, 1.54) is 5.56 Å². The van der Waals surface area contributed by atoms with Crippen molar-refractivity contribution < 1.29 is 4.79 Å². The van der Waals surface area contributed by atoms with Crippen LogP contribution in [0.3, 0.4) is 0 Å². The summed E-state index contributed by atoms with van der Waals surface area (Å²) in [4.78, 5) is 14.5. The zero-order valence-electron chi connectivity index (χ0n) is 8.45. The van der Waals surface area contributed by atoms with Gasteiger partial charge in [-0.25, -0.2) is 0 Å². The molecule has 1 heterocycles. The Hall–Kier alpha value is -2.03. The van der Waals surface area contributed by atoms with Crippen LogP contribution in [0.1, 0.15) is 16.1 Å². The zero-order valence-corrected chi connectivity index (χ0v) is 8.45. The molecule has 76 valence electrons. The molecule has 1 aromatic carbocycles. The Morgan fingerprint density at radius 2 is 1.93 bits per heavy atom. The van der Waals surface area contributed by atoms with Crippen LogP contribution in [-0.2, 0) is 0 Å². The summed E-state index contributed by atoms with van der Waals surface area (Å²) in [6.07, 6.45) is 1.73. The number of nitrogens with one attached hydrogen (secondary N) is 2. The van der Waals surface area contributed by atoms with E-state index in [4.69, 9.17) is 0 Å². The second kappa shape index (κ2) is 4.00. The average Bonchev–Trinajstić information content (AvgIpc) is 2.74. The van der Waals surface area contributed by atoms with Gasteiger partial charge in [0.25, 0.3) is 5.91 Å². The van der Waals surface area contributed by atoms with Crippen LogP contribution in [0.5, 0.6) is 0 Å². The molecule has 2 aromatic rings. The van der Waals surface area contributed by atoms with Crippen molar-refractivity contribution in [2.24, 2.45) is 0 Å². The summed E-state index contributed by atoms with van der Waals surface area (Å²) in [5, 5.41) is 2.80. The second-order valence-electron chi connectivity index (χ2n) is 3.40. The van der Waals surface area contributed by atoms with Crippen molar-refractivity contribution in [3.05, 3.63) is 53.9 Å². The highest BCUT2D eigenvalue weighted by atomic mass is 16.1. The van der Waals surface area contributed by atoms with Gasteiger partial charge in [0.15, 0.2) is 0 Å². The third-order valence-electron chi connectivity index (χ3n) is 2.15. The summed E-state index contributed by atoms with van der Waals surface area (Å²) in [6, 6.07) is 11.2. The normalized spacial score (nSPS) is 9.93. The Morgan fingerprint density at radius 3 is 2.53 bits per heavy atom. The number of aromatic amines is 1. The van der Waals surface area contributed by atoms with E-state index in [2.05, 4.69) is 10.3 Å². The number of benzene rings is 1. The van der Waals surface area contributed by atoms with Crippen LogP contribution in [0, 0.1) is 6.92 Å². The first kappa shape index (κ1) is 9.52. The van der Waals surface area contributed by atoms with E-state index in [0.717, 1.165) is 5.69 Å². The first-order valence-electron chi connectivity index (χ1n) is 4.77. The highest BCUT2D eigenvalue weighted by Crippen LogP contribution is 2.09. The topological polar surface area (TPSA) is 44.9 Å². The van der Waals surface area contributed by atoms with Gasteiger partial charge in [0.2, 0.25) is 0 Å². The van der Waals surface area contributed by atoms with E-state index >= 15 is 0 Å². The van der Waals surface area contributed by atoms with Gasteiger partial charge >= 0.3 is 0 Å². The Bertz CT molecular complexity index is 443. The number of carbonyl (C=O) groups is 1. The minimum absolute atomic E-state index is 0.121. The monoisotopic (exact) mass is 200 g/mol. The fourth-order valence-electron chi connectivity index (χ4n) is 1.31. The lowest BCUT2D eigenvalue weighted by atomic mass is 10.2. The number of aryl methyl sites for hydroxylation is 1. The van der Waals surface area contributed by atoms with E-state index < -0.39 is 0 Å². The molecule has 2 rings (SSSR count). The third-order valence-corrected chi connectivity index (χ3v) is 2.15. The van der Waals surface area contributed by atoms with Gasteiger partial charge in [-0.3, -0.25) is 4.79 Å². The summed E-state index contributed by atoms with van der Waals surface area (Å²) >= 11 is 0.